The minimum atomic E-state index is -0.148. The minimum absolute atomic E-state index is 0.148. The summed E-state index contributed by atoms with van der Waals surface area (Å²) < 4.78 is 0. The van der Waals surface area contributed by atoms with E-state index in [0.29, 0.717) is 17.3 Å². The Labute approximate surface area is 126 Å². The fourth-order valence-corrected chi connectivity index (χ4v) is 3.10. The Bertz CT molecular complexity index is 431. The van der Waals surface area contributed by atoms with Crippen LogP contribution in [0, 0.1) is 0 Å². The molecule has 4 heteroatoms. The number of carbonyl (C=O) groups excluding carboxylic acids is 1. The molecule has 0 aliphatic rings. The number of hydrogen-bond acceptors (Lipinski definition) is 3. The Hall–Kier alpha value is -1.16. The number of nitrogens with one attached hydrogen (secondary N) is 1. The van der Waals surface area contributed by atoms with Crippen molar-refractivity contribution in [1.29, 1.82) is 0 Å². The Morgan fingerprint density at radius 2 is 1.95 bits per heavy atom. The molecule has 20 heavy (non-hydrogen) atoms. The fraction of sp³-hybridized carbons (Fsp3) is 0.625. The van der Waals surface area contributed by atoms with Crippen LogP contribution in [0.1, 0.15) is 80.7 Å². The van der Waals surface area contributed by atoms with Crippen LogP contribution in [0.2, 0.25) is 0 Å². The first-order valence-electron chi connectivity index (χ1n) is 7.50. The maximum absolute atomic E-state index is 11.9. The van der Waals surface area contributed by atoms with Crippen molar-refractivity contribution in [3.05, 3.63) is 28.4 Å². The van der Waals surface area contributed by atoms with Crippen molar-refractivity contribution in [2.24, 2.45) is 0 Å². The molecule has 1 amide bonds. The molecule has 0 bridgehead atoms. The lowest BCUT2D eigenvalue weighted by molar-refractivity contribution is 0.0961. The van der Waals surface area contributed by atoms with Crippen LogP contribution < -0.4 is 5.32 Å². The van der Waals surface area contributed by atoms with E-state index >= 15 is 0 Å². The van der Waals surface area contributed by atoms with E-state index in [2.05, 4.69) is 30.7 Å². The van der Waals surface area contributed by atoms with E-state index in [4.69, 9.17) is 0 Å². The van der Waals surface area contributed by atoms with Crippen LogP contribution in [-0.2, 0) is 0 Å². The summed E-state index contributed by atoms with van der Waals surface area (Å²) in [6.45, 7) is 9.89. The number of hydrogen-bond donors (Lipinski definition) is 1. The summed E-state index contributed by atoms with van der Waals surface area (Å²) in [5, 5.41) is 5.68. The summed E-state index contributed by atoms with van der Waals surface area (Å²) in [5.74, 6) is 0.357. The molecule has 0 fully saturated rings. The number of nitrogens with zero attached hydrogens (tertiary/aromatic N) is 1. The van der Waals surface area contributed by atoms with Crippen LogP contribution in [0.25, 0.3) is 0 Å². The molecule has 0 atom stereocenters. The van der Waals surface area contributed by atoms with E-state index in [1.807, 2.05) is 5.38 Å². The summed E-state index contributed by atoms with van der Waals surface area (Å²) in [6.07, 6.45) is 7.20. The van der Waals surface area contributed by atoms with Crippen LogP contribution in [0.3, 0.4) is 0 Å². The average Bonchev–Trinajstić information content (AvgIpc) is 2.88. The molecular formula is C16H26N2OS. The molecule has 0 saturated heterocycles. The zero-order valence-electron chi connectivity index (χ0n) is 12.9. The number of carbonyl (C=O) groups is 1. The van der Waals surface area contributed by atoms with Crippen molar-refractivity contribution in [2.45, 2.75) is 65.2 Å². The molecule has 0 aromatic carbocycles. The molecule has 112 valence electrons. The molecule has 0 unspecified atom stereocenters. The van der Waals surface area contributed by atoms with Gasteiger partial charge in [0.1, 0.15) is 5.69 Å². The Morgan fingerprint density at radius 3 is 2.45 bits per heavy atom. The average molecular weight is 294 g/mol. The molecular weight excluding hydrogens is 268 g/mol. The molecule has 3 nitrogen and oxygen atoms in total. The van der Waals surface area contributed by atoms with Gasteiger partial charge in [-0.15, -0.1) is 11.3 Å². The van der Waals surface area contributed by atoms with Gasteiger partial charge in [-0.25, -0.2) is 4.98 Å². The van der Waals surface area contributed by atoms with Crippen LogP contribution in [0.4, 0.5) is 0 Å². The predicted molar refractivity (Wildman–Crippen MR) is 86.2 cm³/mol. The smallest absolute Gasteiger partial charge is 0.274 e. The quantitative estimate of drug-likeness (QED) is 0.706. The van der Waals surface area contributed by atoms with Gasteiger partial charge in [0, 0.05) is 17.0 Å². The molecule has 1 rings (SSSR count). The summed E-state index contributed by atoms with van der Waals surface area (Å²) in [7, 11) is 0. The Kier molecular flexibility index (Phi) is 7.52. The number of rotatable bonds is 9. The van der Waals surface area contributed by atoms with Crippen molar-refractivity contribution >= 4 is 17.2 Å². The van der Waals surface area contributed by atoms with Crippen molar-refractivity contribution < 1.29 is 4.79 Å². The zero-order chi connectivity index (χ0) is 15.0. The predicted octanol–water partition coefficient (Wildman–Crippen LogP) is 4.87. The van der Waals surface area contributed by atoms with Crippen LogP contribution in [-0.4, -0.2) is 10.9 Å². The lowest BCUT2D eigenvalue weighted by Gasteiger charge is -2.13. The number of allylic oxidation sites excluding steroid dienone is 1. The number of amides is 1. The standard InChI is InChI=1S/C16H26N2OS/c1-5-7-9-13(10-8-6-2)16-18-14(11-20-16)15(19)17-12(3)4/h11,13H,3,5-10H2,1-2,4H3,(H,17,19). The van der Waals surface area contributed by atoms with Crippen LogP contribution in [0.5, 0.6) is 0 Å². The van der Waals surface area contributed by atoms with Crippen LogP contribution in [0.15, 0.2) is 17.7 Å². The third-order valence-electron chi connectivity index (χ3n) is 3.24. The van der Waals surface area contributed by atoms with Crippen molar-refractivity contribution in [3.8, 4) is 0 Å². The van der Waals surface area contributed by atoms with Crippen molar-refractivity contribution in [3.63, 3.8) is 0 Å². The highest BCUT2D eigenvalue weighted by Crippen LogP contribution is 2.30. The Morgan fingerprint density at radius 1 is 1.35 bits per heavy atom. The van der Waals surface area contributed by atoms with E-state index in [1.165, 1.54) is 38.5 Å². The van der Waals surface area contributed by atoms with Gasteiger partial charge in [-0.05, 0) is 19.8 Å². The summed E-state index contributed by atoms with van der Waals surface area (Å²) in [6, 6.07) is 0. The molecule has 1 N–H and O–H groups in total. The molecule has 0 radical (unpaired) electrons. The first-order valence-corrected chi connectivity index (χ1v) is 8.38. The van der Waals surface area contributed by atoms with Gasteiger partial charge in [-0.2, -0.15) is 0 Å². The van der Waals surface area contributed by atoms with Gasteiger partial charge in [0.2, 0.25) is 0 Å². The number of thiazole rings is 1. The summed E-state index contributed by atoms with van der Waals surface area (Å²) in [4.78, 5) is 16.4. The van der Waals surface area contributed by atoms with Gasteiger partial charge < -0.3 is 5.32 Å². The summed E-state index contributed by atoms with van der Waals surface area (Å²) >= 11 is 1.61. The summed E-state index contributed by atoms with van der Waals surface area (Å²) in [5.41, 5.74) is 1.17. The van der Waals surface area contributed by atoms with E-state index in [9.17, 15) is 4.79 Å². The maximum Gasteiger partial charge on any atom is 0.274 e. The maximum atomic E-state index is 11.9. The van der Waals surface area contributed by atoms with Gasteiger partial charge in [0.05, 0.1) is 5.01 Å². The molecule has 1 aromatic heterocycles. The molecule has 1 heterocycles. The van der Waals surface area contributed by atoms with E-state index in [1.54, 1.807) is 18.3 Å². The van der Waals surface area contributed by atoms with Crippen molar-refractivity contribution in [2.75, 3.05) is 0 Å². The first-order chi connectivity index (χ1) is 9.58. The monoisotopic (exact) mass is 294 g/mol. The third-order valence-corrected chi connectivity index (χ3v) is 4.25. The molecule has 0 aliphatic carbocycles. The highest BCUT2D eigenvalue weighted by Gasteiger charge is 2.17. The van der Waals surface area contributed by atoms with Gasteiger partial charge in [-0.3, -0.25) is 4.79 Å². The van der Waals surface area contributed by atoms with Gasteiger partial charge in [0.25, 0.3) is 5.91 Å². The van der Waals surface area contributed by atoms with Crippen LogP contribution >= 0.6 is 11.3 Å². The van der Waals surface area contributed by atoms with E-state index < -0.39 is 0 Å². The first kappa shape index (κ1) is 16.9. The molecule has 0 aliphatic heterocycles. The number of aromatic nitrogens is 1. The van der Waals surface area contributed by atoms with E-state index in [-0.39, 0.29) is 5.91 Å². The van der Waals surface area contributed by atoms with Gasteiger partial charge >= 0.3 is 0 Å². The van der Waals surface area contributed by atoms with Gasteiger partial charge in [0.15, 0.2) is 0 Å². The highest BCUT2D eigenvalue weighted by atomic mass is 32.1. The van der Waals surface area contributed by atoms with Crippen molar-refractivity contribution in [1.82, 2.24) is 10.3 Å². The number of unbranched alkanes of at least 4 members (excludes halogenated alkanes) is 2. The molecule has 0 spiro atoms. The Balaban J connectivity index is 2.73. The lowest BCUT2D eigenvalue weighted by atomic mass is 9.97. The highest BCUT2D eigenvalue weighted by molar-refractivity contribution is 7.09. The van der Waals surface area contributed by atoms with Gasteiger partial charge in [-0.1, -0.05) is 46.1 Å². The fourth-order valence-electron chi connectivity index (χ4n) is 2.13. The topological polar surface area (TPSA) is 42.0 Å². The minimum Gasteiger partial charge on any atom is -0.325 e. The third kappa shape index (κ3) is 5.45. The zero-order valence-corrected chi connectivity index (χ0v) is 13.7. The molecule has 1 aromatic rings. The second kappa shape index (κ2) is 8.90. The normalized spacial score (nSPS) is 10.8. The largest absolute Gasteiger partial charge is 0.325 e. The second-order valence-corrected chi connectivity index (χ2v) is 6.18. The second-order valence-electron chi connectivity index (χ2n) is 5.29. The lowest BCUT2D eigenvalue weighted by Crippen LogP contribution is -2.21. The molecule has 0 saturated carbocycles. The van der Waals surface area contributed by atoms with E-state index in [0.717, 1.165) is 5.01 Å². The SMILES string of the molecule is C=C(C)NC(=O)c1csc(C(CCCC)CCCC)n1.